The smallest absolute Gasteiger partial charge is 0.147 e. The van der Waals surface area contributed by atoms with Crippen LogP contribution in [0.15, 0.2) is 24.3 Å². The third kappa shape index (κ3) is 5.72. The Balaban J connectivity index is 1.67. The fraction of sp³-hybridized carbons (Fsp3) is 0.565. The maximum atomic E-state index is 10.2. The van der Waals surface area contributed by atoms with E-state index in [1.807, 2.05) is 0 Å². The molecule has 33 heavy (non-hydrogen) atoms. The Bertz CT molecular complexity index is 894. The molecule has 2 saturated heterocycles. The average molecular weight is 464 g/mol. The fourth-order valence-electron chi connectivity index (χ4n) is 3.71. The van der Waals surface area contributed by atoms with Crippen LogP contribution < -0.4 is 0 Å². The van der Waals surface area contributed by atoms with Gasteiger partial charge in [-0.05, 0) is 24.3 Å². The number of benzene rings is 1. The van der Waals surface area contributed by atoms with Gasteiger partial charge in [-0.15, -0.1) is 0 Å². The van der Waals surface area contributed by atoms with E-state index in [2.05, 4.69) is 23.7 Å². The van der Waals surface area contributed by atoms with Crippen LogP contribution in [0.5, 0.6) is 0 Å². The van der Waals surface area contributed by atoms with E-state index in [1.54, 1.807) is 24.3 Å². The second-order valence-electron chi connectivity index (χ2n) is 7.97. The molecule has 0 saturated carbocycles. The molecule has 0 bridgehead atoms. The van der Waals surface area contributed by atoms with Crippen LogP contribution in [0, 0.1) is 29.6 Å². The molecule has 0 spiro atoms. The molecule has 1 aromatic rings. The summed E-state index contributed by atoms with van der Waals surface area (Å²) in [5.74, 6) is 10.2. The van der Waals surface area contributed by atoms with Gasteiger partial charge in [0.25, 0.3) is 0 Å². The highest BCUT2D eigenvalue weighted by molar-refractivity contribution is 5.43. The van der Waals surface area contributed by atoms with Gasteiger partial charge in [0.2, 0.25) is 0 Å². The Morgan fingerprint density at radius 2 is 1.03 bits per heavy atom. The third-order valence-electron chi connectivity index (χ3n) is 5.78. The molecule has 0 aromatic heterocycles. The molecule has 8 N–H and O–H groups in total. The summed E-state index contributed by atoms with van der Waals surface area (Å²) in [6.07, 6.45) is -11.1. The summed E-state index contributed by atoms with van der Waals surface area (Å²) >= 11 is 0. The van der Waals surface area contributed by atoms with Crippen LogP contribution in [0.1, 0.15) is 11.1 Å². The first-order chi connectivity index (χ1) is 15.8. The van der Waals surface area contributed by atoms with Crippen molar-refractivity contribution in [2.45, 2.75) is 54.9 Å². The zero-order valence-corrected chi connectivity index (χ0v) is 17.6. The predicted molar refractivity (Wildman–Crippen MR) is 112 cm³/mol. The molecule has 2 aliphatic heterocycles. The molecule has 2 aliphatic rings. The number of aliphatic hydroxyl groups is 8. The van der Waals surface area contributed by atoms with Crippen molar-refractivity contribution in [3.63, 3.8) is 0 Å². The summed E-state index contributed by atoms with van der Waals surface area (Å²) in [5.41, 5.74) is 1.11. The van der Waals surface area contributed by atoms with Crippen LogP contribution in [0.4, 0.5) is 0 Å². The Labute approximate surface area is 190 Å². The van der Waals surface area contributed by atoms with Crippen LogP contribution in [-0.2, 0) is 9.47 Å². The molecule has 10 atom stereocenters. The SMILES string of the molecule is OCC1OC(C#Cc2ccc(C#CC3OC(CO)C(CO)C(O)C3O)cc2)C(O)C(O)C1O. The van der Waals surface area contributed by atoms with Crippen molar-refractivity contribution >= 4 is 0 Å². The summed E-state index contributed by atoms with van der Waals surface area (Å²) in [7, 11) is 0. The van der Waals surface area contributed by atoms with Crippen LogP contribution in [0.3, 0.4) is 0 Å². The van der Waals surface area contributed by atoms with Gasteiger partial charge in [-0.25, -0.2) is 0 Å². The van der Waals surface area contributed by atoms with Crippen molar-refractivity contribution < 1.29 is 50.3 Å². The molecule has 0 amide bonds. The second-order valence-corrected chi connectivity index (χ2v) is 7.97. The summed E-state index contributed by atoms with van der Waals surface area (Å²) in [5, 5.41) is 77.9. The van der Waals surface area contributed by atoms with Crippen LogP contribution in [0.2, 0.25) is 0 Å². The van der Waals surface area contributed by atoms with E-state index in [1.165, 1.54) is 0 Å². The number of hydrogen-bond donors (Lipinski definition) is 8. The molecule has 10 unspecified atom stereocenters. The van der Waals surface area contributed by atoms with Crippen molar-refractivity contribution in [2.75, 3.05) is 19.8 Å². The van der Waals surface area contributed by atoms with Gasteiger partial charge in [0.15, 0.2) is 0 Å². The number of rotatable bonds is 3. The summed E-state index contributed by atoms with van der Waals surface area (Å²) in [4.78, 5) is 0. The van der Waals surface area contributed by atoms with Gasteiger partial charge < -0.3 is 50.3 Å². The fourth-order valence-corrected chi connectivity index (χ4v) is 3.71. The molecule has 10 nitrogen and oxygen atoms in total. The van der Waals surface area contributed by atoms with Crippen LogP contribution >= 0.6 is 0 Å². The van der Waals surface area contributed by atoms with Gasteiger partial charge in [0.1, 0.15) is 42.7 Å². The first-order valence-electron chi connectivity index (χ1n) is 10.5. The lowest BCUT2D eigenvalue weighted by molar-refractivity contribution is -0.214. The van der Waals surface area contributed by atoms with Crippen LogP contribution in [-0.4, -0.2) is 116 Å². The molecular weight excluding hydrogens is 436 g/mol. The molecule has 0 aliphatic carbocycles. The summed E-state index contributed by atoms with van der Waals surface area (Å²) in [6.45, 7) is -1.42. The van der Waals surface area contributed by atoms with Crippen LogP contribution in [0.25, 0.3) is 0 Å². The Hall–Kier alpha value is -2.06. The van der Waals surface area contributed by atoms with E-state index in [0.29, 0.717) is 11.1 Å². The Morgan fingerprint density at radius 1 is 0.576 bits per heavy atom. The summed E-state index contributed by atoms with van der Waals surface area (Å²) < 4.78 is 10.8. The van der Waals surface area contributed by atoms with E-state index in [-0.39, 0.29) is 0 Å². The maximum Gasteiger partial charge on any atom is 0.147 e. The monoisotopic (exact) mass is 464 g/mol. The second kappa shape index (κ2) is 11.4. The molecule has 10 heteroatoms. The van der Waals surface area contributed by atoms with Gasteiger partial charge in [-0.1, -0.05) is 23.7 Å². The summed E-state index contributed by atoms with van der Waals surface area (Å²) in [6, 6.07) is 6.59. The van der Waals surface area contributed by atoms with Crippen molar-refractivity contribution in [3.05, 3.63) is 35.4 Å². The zero-order chi connectivity index (χ0) is 24.1. The van der Waals surface area contributed by atoms with E-state index in [4.69, 9.17) is 9.47 Å². The van der Waals surface area contributed by atoms with Crippen molar-refractivity contribution in [3.8, 4) is 23.7 Å². The van der Waals surface area contributed by atoms with Gasteiger partial charge >= 0.3 is 0 Å². The van der Waals surface area contributed by atoms with E-state index < -0.39 is 80.7 Å². The average Bonchev–Trinajstić information content (AvgIpc) is 2.83. The Morgan fingerprint density at radius 3 is 1.48 bits per heavy atom. The first-order valence-corrected chi connectivity index (χ1v) is 10.5. The highest BCUT2D eigenvalue weighted by atomic mass is 16.5. The minimum Gasteiger partial charge on any atom is -0.396 e. The highest BCUT2D eigenvalue weighted by Crippen LogP contribution is 2.26. The number of hydrogen-bond acceptors (Lipinski definition) is 10. The number of aliphatic hydroxyl groups excluding tert-OH is 8. The predicted octanol–water partition coefficient (Wildman–Crippen LogP) is -3.68. The third-order valence-corrected chi connectivity index (χ3v) is 5.78. The normalized spacial score (nSPS) is 38.5. The van der Waals surface area contributed by atoms with Gasteiger partial charge in [0, 0.05) is 17.0 Å². The van der Waals surface area contributed by atoms with Crippen molar-refractivity contribution in [2.24, 2.45) is 5.92 Å². The molecule has 1 aromatic carbocycles. The van der Waals surface area contributed by atoms with Crippen molar-refractivity contribution in [1.29, 1.82) is 0 Å². The zero-order valence-electron chi connectivity index (χ0n) is 17.6. The van der Waals surface area contributed by atoms with E-state index in [0.717, 1.165) is 0 Å². The van der Waals surface area contributed by atoms with Crippen molar-refractivity contribution in [1.82, 2.24) is 0 Å². The molecule has 2 fully saturated rings. The lowest BCUT2D eigenvalue weighted by Gasteiger charge is -2.39. The highest BCUT2D eigenvalue weighted by Gasteiger charge is 2.44. The van der Waals surface area contributed by atoms with Gasteiger partial charge in [-0.3, -0.25) is 0 Å². The molecule has 3 rings (SSSR count). The Kier molecular flexibility index (Phi) is 8.82. The maximum absolute atomic E-state index is 10.2. The molecular formula is C23H28O10. The van der Waals surface area contributed by atoms with E-state index >= 15 is 0 Å². The standard InChI is InChI=1S/C23H28O10/c24-9-14-17(10-25)32-15(20(28)19(14)27)7-5-12-1-3-13(4-2-12)6-8-16-21(29)23(31)22(30)18(11-26)33-16/h1-4,14-31H,9-11H2. The molecule has 0 radical (unpaired) electrons. The minimum absolute atomic E-state index is 0.436. The molecule has 180 valence electrons. The largest absolute Gasteiger partial charge is 0.396 e. The quantitative estimate of drug-likeness (QED) is 0.208. The molecule has 2 heterocycles. The lowest BCUT2D eigenvalue weighted by atomic mass is 9.87. The number of ether oxygens (including phenoxy) is 2. The van der Waals surface area contributed by atoms with E-state index in [9.17, 15) is 40.9 Å². The van der Waals surface area contributed by atoms with Gasteiger partial charge in [0.05, 0.1) is 32.0 Å². The van der Waals surface area contributed by atoms with Gasteiger partial charge in [-0.2, -0.15) is 0 Å². The lowest BCUT2D eigenvalue weighted by Crippen LogP contribution is -2.58. The topological polar surface area (TPSA) is 180 Å². The first kappa shape index (κ1) is 25.6. The minimum atomic E-state index is -1.50.